The molecule has 7 nitrogen and oxygen atoms in total. The Morgan fingerprint density at radius 3 is 2.00 bits per heavy atom. The highest BCUT2D eigenvalue weighted by Gasteiger charge is 2.50. The fourth-order valence-electron chi connectivity index (χ4n) is 5.36. The van der Waals surface area contributed by atoms with E-state index in [-0.39, 0.29) is 43.4 Å². The van der Waals surface area contributed by atoms with Crippen LogP contribution in [-0.2, 0) is 14.2 Å². The van der Waals surface area contributed by atoms with Gasteiger partial charge in [0.05, 0.1) is 0 Å². The van der Waals surface area contributed by atoms with Crippen LogP contribution < -0.4 is 14.2 Å². The van der Waals surface area contributed by atoms with E-state index in [1.807, 2.05) is 42.5 Å². The normalized spacial score (nSPS) is 18.9. The van der Waals surface area contributed by atoms with Crippen LogP contribution in [0.4, 0.5) is 0 Å². The number of hydrogen-bond donors (Lipinski definition) is 0. The van der Waals surface area contributed by atoms with Crippen molar-refractivity contribution in [3.8, 4) is 17.2 Å². The predicted octanol–water partition coefficient (Wildman–Crippen LogP) is 5.82. The Bertz CT molecular complexity index is 937. The first-order chi connectivity index (χ1) is 17.0. The average molecular weight is 487 g/mol. The molecule has 1 aliphatic rings. The average Bonchev–Trinajstić information content (AvgIpc) is 3.29. The summed E-state index contributed by atoms with van der Waals surface area (Å²) in [6.07, 6.45) is 3.73. The highest BCUT2D eigenvalue weighted by atomic mass is 16.7. The summed E-state index contributed by atoms with van der Waals surface area (Å²) in [7, 11) is 4.76. The van der Waals surface area contributed by atoms with Gasteiger partial charge in [0, 0.05) is 44.3 Å². The number of carbonyl (C=O) groups is 1. The second-order valence-corrected chi connectivity index (χ2v) is 8.93. The van der Waals surface area contributed by atoms with E-state index in [1.165, 1.54) is 0 Å². The van der Waals surface area contributed by atoms with E-state index in [0.717, 1.165) is 37.0 Å². The third kappa shape index (κ3) is 6.15. The van der Waals surface area contributed by atoms with Crippen molar-refractivity contribution in [2.45, 2.75) is 45.4 Å². The van der Waals surface area contributed by atoms with E-state index in [0.29, 0.717) is 17.1 Å². The maximum absolute atomic E-state index is 13.9. The van der Waals surface area contributed by atoms with Gasteiger partial charge in [0.15, 0.2) is 26.2 Å². The van der Waals surface area contributed by atoms with Gasteiger partial charge in [-0.05, 0) is 73.6 Å². The van der Waals surface area contributed by atoms with Crippen LogP contribution >= 0.6 is 0 Å². The molecular weight excluding hydrogens is 448 g/mol. The lowest BCUT2D eigenvalue weighted by atomic mass is 9.67. The molecule has 7 heteroatoms. The Morgan fingerprint density at radius 2 is 1.40 bits per heavy atom. The van der Waals surface area contributed by atoms with Crippen LogP contribution in [0.3, 0.4) is 0 Å². The van der Waals surface area contributed by atoms with Gasteiger partial charge in [-0.25, -0.2) is 0 Å². The molecular formula is C28H38O7. The first-order valence-electron chi connectivity index (χ1n) is 12.2. The van der Waals surface area contributed by atoms with Crippen molar-refractivity contribution in [3.63, 3.8) is 0 Å². The van der Waals surface area contributed by atoms with Crippen LogP contribution in [-0.4, -0.2) is 47.5 Å². The topological polar surface area (TPSA) is 72.5 Å². The number of methoxy groups -OCH3 is 3. The maximum Gasteiger partial charge on any atom is 0.188 e. The Labute approximate surface area is 208 Å². The van der Waals surface area contributed by atoms with Crippen molar-refractivity contribution in [1.82, 2.24) is 0 Å². The van der Waals surface area contributed by atoms with E-state index in [4.69, 9.17) is 28.4 Å². The number of hydrogen-bond acceptors (Lipinski definition) is 7. The van der Waals surface area contributed by atoms with E-state index >= 15 is 0 Å². The Hall–Kier alpha value is -2.61. The minimum Gasteiger partial charge on any atom is -0.468 e. The van der Waals surface area contributed by atoms with Gasteiger partial charge >= 0.3 is 0 Å². The summed E-state index contributed by atoms with van der Waals surface area (Å²) in [6.45, 7) is 4.87. The monoisotopic (exact) mass is 486 g/mol. The van der Waals surface area contributed by atoms with Gasteiger partial charge in [0.25, 0.3) is 0 Å². The SMILES string of the molecule is CCC1(CC)CC[C@H](C(=O)c2ccc(OCOC)cc2)[C@@H]1c1cc(OCOC)ccc1OCOC. The first kappa shape index (κ1) is 27.0. The second-order valence-electron chi connectivity index (χ2n) is 8.93. The predicted molar refractivity (Wildman–Crippen MR) is 133 cm³/mol. The number of carbonyl (C=O) groups excluding carboxylic acids is 1. The summed E-state index contributed by atoms with van der Waals surface area (Å²) in [5, 5.41) is 0. The molecule has 2 aromatic rings. The lowest BCUT2D eigenvalue weighted by Gasteiger charge is -2.37. The van der Waals surface area contributed by atoms with Gasteiger partial charge < -0.3 is 28.4 Å². The molecule has 0 spiro atoms. The zero-order valence-corrected chi connectivity index (χ0v) is 21.5. The first-order valence-corrected chi connectivity index (χ1v) is 12.2. The molecule has 2 atom stereocenters. The molecule has 0 N–H and O–H groups in total. The second kappa shape index (κ2) is 12.9. The molecule has 2 aromatic carbocycles. The van der Waals surface area contributed by atoms with Crippen molar-refractivity contribution in [2.24, 2.45) is 11.3 Å². The zero-order chi connectivity index (χ0) is 25.3. The summed E-state index contributed by atoms with van der Waals surface area (Å²) in [5.41, 5.74) is 1.64. The van der Waals surface area contributed by atoms with Crippen molar-refractivity contribution in [1.29, 1.82) is 0 Å². The molecule has 1 saturated carbocycles. The zero-order valence-electron chi connectivity index (χ0n) is 21.5. The molecule has 0 aromatic heterocycles. The molecule has 3 rings (SSSR count). The van der Waals surface area contributed by atoms with E-state index in [9.17, 15) is 4.79 Å². The Kier molecular flexibility index (Phi) is 9.95. The Morgan fingerprint density at radius 1 is 0.829 bits per heavy atom. The molecule has 35 heavy (non-hydrogen) atoms. The summed E-state index contributed by atoms with van der Waals surface area (Å²) >= 11 is 0. The van der Waals surface area contributed by atoms with E-state index < -0.39 is 0 Å². The number of ketones is 1. The molecule has 192 valence electrons. The lowest BCUT2D eigenvalue weighted by Crippen LogP contribution is -2.29. The van der Waals surface area contributed by atoms with Gasteiger partial charge in [-0.2, -0.15) is 0 Å². The summed E-state index contributed by atoms with van der Waals surface area (Å²) in [4.78, 5) is 13.9. The fourth-order valence-corrected chi connectivity index (χ4v) is 5.36. The maximum atomic E-state index is 13.9. The van der Waals surface area contributed by atoms with Gasteiger partial charge in [0.2, 0.25) is 0 Å². The molecule has 0 bridgehead atoms. The van der Waals surface area contributed by atoms with Crippen molar-refractivity contribution >= 4 is 5.78 Å². The van der Waals surface area contributed by atoms with Crippen LogP contribution in [0, 0.1) is 11.3 Å². The number of Topliss-reactive ketones (excluding diaryl/α,β-unsaturated/α-hetero) is 1. The van der Waals surface area contributed by atoms with Gasteiger partial charge in [-0.15, -0.1) is 0 Å². The van der Waals surface area contributed by atoms with Crippen molar-refractivity contribution in [2.75, 3.05) is 41.7 Å². The molecule has 0 unspecified atom stereocenters. The number of benzene rings is 2. The molecule has 0 radical (unpaired) electrons. The molecule has 0 saturated heterocycles. The van der Waals surface area contributed by atoms with Crippen LogP contribution in [0.15, 0.2) is 42.5 Å². The molecule has 0 heterocycles. The van der Waals surface area contributed by atoms with Crippen molar-refractivity contribution < 1.29 is 33.2 Å². The van der Waals surface area contributed by atoms with Crippen LogP contribution in [0.2, 0.25) is 0 Å². The third-order valence-corrected chi connectivity index (χ3v) is 7.23. The van der Waals surface area contributed by atoms with Crippen molar-refractivity contribution in [3.05, 3.63) is 53.6 Å². The number of rotatable bonds is 14. The highest BCUT2D eigenvalue weighted by Crippen LogP contribution is 2.59. The smallest absolute Gasteiger partial charge is 0.188 e. The van der Waals surface area contributed by atoms with Crippen LogP contribution in [0.25, 0.3) is 0 Å². The van der Waals surface area contributed by atoms with Crippen LogP contribution in [0.1, 0.15) is 61.4 Å². The molecule has 1 aliphatic carbocycles. The van der Waals surface area contributed by atoms with Crippen LogP contribution in [0.5, 0.6) is 17.2 Å². The van der Waals surface area contributed by atoms with Gasteiger partial charge in [0.1, 0.15) is 17.2 Å². The summed E-state index contributed by atoms with van der Waals surface area (Å²) in [6, 6.07) is 13.1. The quantitative estimate of drug-likeness (QED) is 0.246. The lowest BCUT2D eigenvalue weighted by molar-refractivity contribution is 0.0465. The minimum absolute atomic E-state index is 0.0209. The largest absolute Gasteiger partial charge is 0.468 e. The standard InChI is InChI=1S/C28H38O7/c1-6-28(7-2)15-14-23(27(29)20-8-10-21(11-9-20)33-17-30-3)26(28)24-16-22(34-18-31-4)12-13-25(24)35-19-32-5/h8-13,16,23,26H,6-7,14-15,17-19H2,1-5H3/t23-,26+/m0/s1. The fraction of sp³-hybridized carbons (Fsp3) is 0.536. The van der Waals surface area contributed by atoms with E-state index in [1.54, 1.807) is 21.3 Å². The van der Waals surface area contributed by atoms with E-state index in [2.05, 4.69) is 13.8 Å². The Balaban J connectivity index is 2.01. The highest BCUT2D eigenvalue weighted by molar-refractivity contribution is 5.99. The summed E-state index contributed by atoms with van der Waals surface area (Å²) in [5.74, 6) is 2.01. The summed E-state index contributed by atoms with van der Waals surface area (Å²) < 4.78 is 32.5. The minimum atomic E-state index is -0.178. The third-order valence-electron chi connectivity index (χ3n) is 7.23. The van der Waals surface area contributed by atoms with Gasteiger partial charge in [-0.1, -0.05) is 13.8 Å². The number of ether oxygens (including phenoxy) is 6. The van der Waals surface area contributed by atoms with Gasteiger partial charge in [-0.3, -0.25) is 4.79 Å². The molecule has 1 fully saturated rings. The molecule has 0 amide bonds. The molecule has 0 aliphatic heterocycles.